The van der Waals surface area contributed by atoms with Crippen molar-refractivity contribution >= 4 is 11.1 Å². The third-order valence-electron chi connectivity index (χ3n) is 2.80. The molecule has 6 heteroatoms. The van der Waals surface area contributed by atoms with Gasteiger partial charge >= 0.3 is 6.18 Å². The number of halogens is 3. The molecule has 106 valence electrons. The van der Waals surface area contributed by atoms with Crippen LogP contribution in [0.3, 0.4) is 0 Å². The summed E-state index contributed by atoms with van der Waals surface area (Å²) in [5.41, 5.74) is -0.111. The molecule has 2 aromatic rings. The molecule has 0 aliphatic rings. The van der Waals surface area contributed by atoms with Gasteiger partial charge in [0.05, 0.1) is 5.56 Å². The number of alkyl halides is 3. The van der Waals surface area contributed by atoms with Crippen LogP contribution in [0.1, 0.15) is 11.1 Å². The molecule has 1 atom stereocenters. The summed E-state index contributed by atoms with van der Waals surface area (Å²) < 4.78 is 60.3. The number of benzene rings is 2. The van der Waals surface area contributed by atoms with Crippen molar-refractivity contribution < 1.29 is 21.9 Å². The first-order valence-electron chi connectivity index (χ1n) is 5.69. The zero-order valence-corrected chi connectivity index (χ0v) is 11.0. The van der Waals surface area contributed by atoms with Crippen molar-refractivity contribution in [2.45, 2.75) is 11.9 Å². The van der Waals surface area contributed by atoms with E-state index in [2.05, 4.69) is 0 Å². The van der Waals surface area contributed by atoms with Crippen molar-refractivity contribution in [2.75, 3.05) is 0 Å². The van der Waals surface area contributed by atoms with E-state index < -0.39 is 28.6 Å². The van der Waals surface area contributed by atoms with Crippen molar-refractivity contribution in [3.05, 3.63) is 59.7 Å². The minimum Gasteiger partial charge on any atom is -0.772 e. The fourth-order valence-electron chi connectivity index (χ4n) is 1.90. The normalized spacial score (nSPS) is 13.2. The van der Waals surface area contributed by atoms with Crippen molar-refractivity contribution in [3.63, 3.8) is 0 Å². The lowest BCUT2D eigenvalue weighted by atomic mass is 9.99. The molecular weight excluding hydrogens is 289 g/mol. The van der Waals surface area contributed by atoms with Crippen molar-refractivity contribution in [1.82, 2.24) is 0 Å². The average Bonchev–Trinajstić information content (AvgIpc) is 2.38. The van der Waals surface area contributed by atoms with Crippen LogP contribution >= 0.6 is 0 Å². The van der Waals surface area contributed by atoms with Crippen LogP contribution < -0.4 is 0 Å². The first kappa shape index (κ1) is 14.7. The largest absolute Gasteiger partial charge is 0.772 e. The lowest BCUT2D eigenvalue weighted by Gasteiger charge is -2.15. The fourth-order valence-corrected chi connectivity index (χ4v) is 2.41. The molecular formula is C14H10F3O2S-. The maximum Gasteiger partial charge on any atom is 0.416 e. The van der Waals surface area contributed by atoms with Gasteiger partial charge in [0.25, 0.3) is 0 Å². The van der Waals surface area contributed by atoms with E-state index in [4.69, 9.17) is 0 Å². The molecule has 2 aromatic carbocycles. The highest BCUT2D eigenvalue weighted by Gasteiger charge is 2.33. The second-order valence-corrected chi connectivity index (χ2v) is 5.08. The predicted molar refractivity (Wildman–Crippen MR) is 69.5 cm³/mol. The molecule has 0 N–H and O–H groups in total. The van der Waals surface area contributed by atoms with Crippen LogP contribution in [0, 0.1) is 0 Å². The van der Waals surface area contributed by atoms with Crippen LogP contribution in [-0.2, 0) is 23.0 Å². The second-order valence-electron chi connectivity index (χ2n) is 4.18. The molecule has 0 aliphatic carbocycles. The smallest absolute Gasteiger partial charge is 0.416 e. The zero-order valence-electron chi connectivity index (χ0n) is 10.2. The van der Waals surface area contributed by atoms with Crippen LogP contribution in [-0.4, -0.2) is 8.76 Å². The molecule has 2 nitrogen and oxygen atoms in total. The third-order valence-corrected chi connectivity index (χ3v) is 3.34. The summed E-state index contributed by atoms with van der Waals surface area (Å²) >= 11 is -2.56. The molecule has 0 amide bonds. The summed E-state index contributed by atoms with van der Waals surface area (Å²) in [5.74, 6) is -0.649. The number of hydrogen-bond acceptors (Lipinski definition) is 2. The van der Waals surface area contributed by atoms with Gasteiger partial charge in [0, 0.05) is 5.75 Å². The minimum absolute atomic E-state index is 0.245. The van der Waals surface area contributed by atoms with Crippen LogP contribution in [0.4, 0.5) is 13.2 Å². The topological polar surface area (TPSA) is 40.1 Å². The maximum absolute atomic E-state index is 13.0. The van der Waals surface area contributed by atoms with Gasteiger partial charge in [-0.05, 0) is 22.8 Å². The molecule has 0 aromatic heterocycles. The quantitative estimate of drug-likeness (QED) is 0.810. The average molecular weight is 299 g/mol. The molecule has 0 bridgehead atoms. The van der Waals surface area contributed by atoms with Gasteiger partial charge in [-0.3, -0.25) is 4.21 Å². The Balaban J connectivity index is 2.52. The van der Waals surface area contributed by atoms with E-state index in [1.165, 1.54) is 12.1 Å². The molecule has 0 spiro atoms. The van der Waals surface area contributed by atoms with E-state index in [0.29, 0.717) is 11.1 Å². The first-order valence-corrected chi connectivity index (χ1v) is 6.94. The van der Waals surface area contributed by atoms with Gasteiger partial charge in [0.15, 0.2) is 0 Å². The summed E-state index contributed by atoms with van der Waals surface area (Å²) in [6, 6.07) is 12.3. The Morgan fingerprint density at radius 2 is 1.65 bits per heavy atom. The molecule has 1 unspecified atom stereocenters. The lowest BCUT2D eigenvalue weighted by Crippen LogP contribution is -2.10. The Morgan fingerprint density at radius 3 is 2.20 bits per heavy atom. The highest BCUT2D eigenvalue weighted by atomic mass is 32.2. The molecule has 0 heterocycles. The molecule has 0 saturated heterocycles. The van der Waals surface area contributed by atoms with Gasteiger partial charge < -0.3 is 4.55 Å². The molecule has 0 saturated carbocycles. The van der Waals surface area contributed by atoms with E-state index in [1.54, 1.807) is 30.3 Å². The Labute approximate surface area is 116 Å². The van der Waals surface area contributed by atoms with Gasteiger partial charge in [-0.2, -0.15) is 13.2 Å². The van der Waals surface area contributed by atoms with Gasteiger partial charge in [0.1, 0.15) is 0 Å². The van der Waals surface area contributed by atoms with Crippen LogP contribution in [0.25, 0.3) is 11.1 Å². The summed E-state index contributed by atoms with van der Waals surface area (Å²) in [6.07, 6.45) is -4.58. The lowest BCUT2D eigenvalue weighted by molar-refractivity contribution is -0.138. The summed E-state index contributed by atoms with van der Waals surface area (Å²) in [5, 5.41) is 0. The van der Waals surface area contributed by atoms with Crippen molar-refractivity contribution in [1.29, 1.82) is 0 Å². The monoisotopic (exact) mass is 299 g/mol. The van der Waals surface area contributed by atoms with Crippen LogP contribution in [0.15, 0.2) is 48.5 Å². The summed E-state index contributed by atoms with van der Waals surface area (Å²) in [4.78, 5) is 0. The highest BCUT2D eigenvalue weighted by Crippen LogP contribution is 2.35. The first-order chi connectivity index (χ1) is 9.38. The Morgan fingerprint density at radius 1 is 1.00 bits per heavy atom. The van der Waals surface area contributed by atoms with Crippen LogP contribution in [0.2, 0.25) is 0 Å². The molecule has 0 fully saturated rings. The predicted octanol–water partition coefficient (Wildman–Crippen LogP) is 3.75. The Bertz CT molecular complexity index is 624. The van der Waals surface area contributed by atoms with Gasteiger partial charge in [0.2, 0.25) is 0 Å². The maximum atomic E-state index is 13.0. The highest BCUT2D eigenvalue weighted by molar-refractivity contribution is 7.78. The van der Waals surface area contributed by atoms with E-state index in [0.717, 1.165) is 6.07 Å². The van der Waals surface area contributed by atoms with Gasteiger partial charge in [-0.25, -0.2) is 0 Å². The van der Waals surface area contributed by atoms with E-state index in [9.17, 15) is 21.9 Å². The van der Waals surface area contributed by atoms with Crippen molar-refractivity contribution in [2.24, 2.45) is 0 Å². The molecule has 0 radical (unpaired) electrons. The zero-order chi connectivity index (χ0) is 14.8. The minimum atomic E-state index is -4.58. The molecule has 20 heavy (non-hydrogen) atoms. The Hall–Kier alpha value is -1.66. The number of hydrogen-bond donors (Lipinski definition) is 0. The van der Waals surface area contributed by atoms with E-state index in [-0.39, 0.29) is 5.56 Å². The SMILES string of the molecule is O=S([O-])Cc1ccc(-c2ccccc2)cc1C(F)(F)F. The second kappa shape index (κ2) is 5.76. The summed E-state index contributed by atoms with van der Waals surface area (Å²) in [6.45, 7) is 0. The van der Waals surface area contributed by atoms with Gasteiger partial charge in [-0.15, -0.1) is 0 Å². The standard InChI is InChI=1S/C14H11F3O2S/c15-14(16,17)13-8-11(10-4-2-1-3-5-10)6-7-12(13)9-20(18)19/h1-8H,9H2,(H,18,19)/p-1. The fraction of sp³-hybridized carbons (Fsp3) is 0.143. The van der Waals surface area contributed by atoms with E-state index in [1.807, 2.05) is 0 Å². The van der Waals surface area contributed by atoms with Crippen LogP contribution in [0.5, 0.6) is 0 Å². The summed E-state index contributed by atoms with van der Waals surface area (Å²) in [7, 11) is 0. The number of rotatable bonds is 3. The molecule has 0 aliphatic heterocycles. The third kappa shape index (κ3) is 3.46. The van der Waals surface area contributed by atoms with Gasteiger partial charge in [-0.1, -0.05) is 53.5 Å². The van der Waals surface area contributed by atoms with E-state index >= 15 is 0 Å². The van der Waals surface area contributed by atoms with Crippen molar-refractivity contribution in [3.8, 4) is 11.1 Å². The Kier molecular flexibility index (Phi) is 4.25. The molecule has 2 rings (SSSR count).